The number of rotatable bonds is 7. The number of halogens is 1. The van der Waals surface area contributed by atoms with Crippen LogP contribution in [0, 0.1) is 0 Å². The molecule has 108 valence electrons. The van der Waals surface area contributed by atoms with E-state index in [1.807, 2.05) is 6.92 Å². The fourth-order valence-corrected chi connectivity index (χ4v) is 2.06. The van der Waals surface area contributed by atoms with E-state index in [0.717, 1.165) is 6.42 Å². The molecule has 1 aromatic heterocycles. The quantitative estimate of drug-likeness (QED) is 0.710. The first-order valence-electron chi connectivity index (χ1n) is 6.41. The van der Waals surface area contributed by atoms with Gasteiger partial charge in [-0.1, -0.05) is 25.4 Å². The standard InChI is InChI=1S/C13H21ClN2O3/c1-3-5-16-7-10(14)6-11(16)12(19)15-13(4-2,8-17)9-18/h6-7,17-18H,3-5,8-9H2,1-2H3,(H,15,19). The van der Waals surface area contributed by atoms with E-state index < -0.39 is 5.54 Å². The summed E-state index contributed by atoms with van der Waals surface area (Å²) in [6.07, 6.45) is 3.02. The molecule has 0 atom stereocenters. The molecular formula is C13H21ClN2O3. The molecule has 0 aliphatic heterocycles. The molecule has 0 fully saturated rings. The summed E-state index contributed by atoms with van der Waals surface area (Å²) in [5.74, 6) is -0.342. The average Bonchev–Trinajstić information content (AvgIpc) is 2.77. The summed E-state index contributed by atoms with van der Waals surface area (Å²) in [6, 6.07) is 1.59. The van der Waals surface area contributed by atoms with Crippen LogP contribution < -0.4 is 5.32 Å². The minimum absolute atomic E-state index is 0.312. The number of aryl methyl sites for hydroxylation is 1. The number of nitrogens with zero attached hydrogens (tertiary/aromatic N) is 1. The minimum Gasteiger partial charge on any atom is -0.394 e. The highest BCUT2D eigenvalue weighted by atomic mass is 35.5. The predicted molar refractivity (Wildman–Crippen MR) is 74.4 cm³/mol. The lowest BCUT2D eigenvalue weighted by Crippen LogP contribution is -2.54. The third kappa shape index (κ3) is 3.72. The molecule has 3 N–H and O–H groups in total. The van der Waals surface area contributed by atoms with Crippen LogP contribution in [0.3, 0.4) is 0 Å². The van der Waals surface area contributed by atoms with Gasteiger partial charge in [0.15, 0.2) is 0 Å². The molecule has 6 heteroatoms. The van der Waals surface area contributed by atoms with Crippen molar-refractivity contribution in [3.05, 3.63) is 23.0 Å². The molecule has 1 rings (SSSR count). The number of hydrogen-bond donors (Lipinski definition) is 3. The monoisotopic (exact) mass is 288 g/mol. The minimum atomic E-state index is -0.995. The van der Waals surface area contributed by atoms with Crippen LogP contribution in [0.25, 0.3) is 0 Å². The normalized spacial score (nSPS) is 11.6. The zero-order valence-electron chi connectivity index (χ0n) is 11.3. The summed E-state index contributed by atoms with van der Waals surface area (Å²) >= 11 is 5.92. The number of aliphatic hydroxyl groups is 2. The van der Waals surface area contributed by atoms with Gasteiger partial charge in [0.1, 0.15) is 5.69 Å². The first kappa shape index (κ1) is 16.0. The van der Waals surface area contributed by atoms with Gasteiger partial charge >= 0.3 is 0 Å². The predicted octanol–water partition coefficient (Wildman–Crippen LogP) is 1.41. The SMILES string of the molecule is CCCn1cc(Cl)cc1C(=O)NC(CC)(CO)CO. The van der Waals surface area contributed by atoms with Gasteiger partial charge < -0.3 is 20.1 Å². The Morgan fingerprint density at radius 3 is 2.53 bits per heavy atom. The second-order valence-corrected chi connectivity index (χ2v) is 5.08. The summed E-state index contributed by atoms with van der Waals surface area (Å²) in [7, 11) is 0. The lowest BCUT2D eigenvalue weighted by Gasteiger charge is -2.29. The van der Waals surface area contributed by atoms with Crippen LogP contribution in [0.4, 0.5) is 0 Å². The van der Waals surface area contributed by atoms with Crippen molar-refractivity contribution in [1.29, 1.82) is 0 Å². The van der Waals surface area contributed by atoms with Crippen molar-refractivity contribution in [1.82, 2.24) is 9.88 Å². The summed E-state index contributed by atoms with van der Waals surface area (Å²) < 4.78 is 1.77. The van der Waals surface area contributed by atoms with Crippen molar-refractivity contribution in [2.45, 2.75) is 38.8 Å². The third-order valence-corrected chi connectivity index (χ3v) is 3.43. The number of hydrogen-bond acceptors (Lipinski definition) is 3. The summed E-state index contributed by atoms with van der Waals surface area (Å²) in [5.41, 5.74) is -0.559. The Morgan fingerprint density at radius 1 is 1.42 bits per heavy atom. The highest BCUT2D eigenvalue weighted by Gasteiger charge is 2.29. The smallest absolute Gasteiger partial charge is 0.268 e. The van der Waals surface area contributed by atoms with Crippen LogP contribution in [0.5, 0.6) is 0 Å². The molecule has 1 aromatic rings. The van der Waals surface area contributed by atoms with Crippen molar-refractivity contribution >= 4 is 17.5 Å². The molecule has 0 saturated carbocycles. The van der Waals surface area contributed by atoms with Gasteiger partial charge in [0.2, 0.25) is 0 Å². The average molecular weight is 289 g/mol. The van der Waals surface area contributed by atoms with Crippen molar-refractivity contribution in [3.63, 3.8) is 0 Å². The number of nitrogens with one attached hydrogen (secondary N) is 1. The Hall–Kier alpha value is -1.04. The van der Waals surface area contributed by atoms with E-state index in [9.17, 15) is 15.0 Å². The number of amides is 1. The number of carbonyl (C=O) groups is 1. The van der Waals surface area contributed by atoms with Gasteiger partial charge in [0.25, 0.3) is 5.91 Å². The largest absolute Gasteiger partial charge is 0.394 e. The maximum Gasteiger partial charge on any atom is 0.268 e. The summed E-state index contributed by atoms with van der Waals surface area (Å²) in [5, 5.41) is 21.9. The van der Waals surface area contributed by atoms with E-state index in [2.05, 4.69) is 5.32 Å². The van der Waals surface area contributed by atoms with E-state index in [0.29, 0.717) is 23.7 Å². The topological polar surface area (TPSA) is 74.5 Å². The second kappa shape index (κ2) is 6.93. The van der Waals surface area contributed by atoms with E-state index in [1.165, 1.54) is 0 Å². The van der Waals surface area contributed by atoms with E-state index >= 15 is 0 Å². The Balaban J connectivity index is 2.94. The fourth-order valence-electron chi connectivity index (χ4n) is 1.84. The number of aromatic nitrogens is 1. The molecule has 5 nitrogen and oxygen atoms in total. The van der Waals surface area contributed by atoms with Gasteiger partial charge in [0.05, 0.1) is 23.8 Å². The first-order chi connectivity index (χ1) is 9.01. The highest BCUT2D eigenvalue weighted by molar-refractivity contribution is 6.31. The van der Waals surface area contributed by atoms with Gasteiger partial charge in [-0.05, 0) is 18.9 Å². The summed E-state index contributed by atoms with van der Waals surface area (Å²) in [6.45, 7) is 3.87. The maximum absolute atomic E-state index is 12.2. The van der Waals surface area contributed by atoms with Gasteiger partial charge in [-0.2, -0.15) is 0 Å². The van der Waals surface area contributed by atoms with Crippen LogP contribution in [0.15, 0.2) is 12.3 Å². The fraction of sp³-hybridized carbons (Fsp3) is 0.615. The lowest BCUT2D eigenvalue weighted by atomic mass is 9.98. The molecule has 0 unspecified atom stereocenters. The molecule has 0 aromatic carbocycles. The van der Waals surface area contributed by atoms with Crippen LogP contribution in [0.1, 0.15) is 37.2 Å². The van der Waals surface area contributed by atoms with E-state index in [4.69, 9.17) is 11.6 Å². The maximum atomic E-state index is 12.2. The molecule has 0 aliphatic carbocycles. The summed E-state index contributed by atoms with van der Waals surface area (Å²) in [4.78, 5) is 12.2. The zero-order valence-corrected chi connectivity index (χ0v) is 12.1. The van der Waals surface area contributed by atoms with Crippen LogP contribution in [0.2, 0.25) is 5.02 Å². The Morgan fingerprint density at radius 2 is 2.05 bits per heavy atom. The Labute approximate surface area is 118 Å². The van der Waals surface area contributed by atoms with Crippen molar-refractivity contribution in [2.24, 2.45) is 0 Å². The van der Waals surface area contributed by atoms with E-state index in [1.54, 1.807) is 23.8 Å². The van der Waals surface area contributed by atoms with Crippen LogP contribution in [-0.2, 0) is 6.54 Å². The van der Waals surface area contributed by atoms with Gasteiger partial charge in [0, 0.05) is 12.7 Å². The molecule has 1 amide bonds. The molecule has 1 heterocycles. The van der Waals surface area contributed by atoms with E-state index in [-0.39, 0.29) is 19.1 Å². The number of aliphatic hydroxyl groups excluding tert-OH is 2. The van der Waals surface area contributed by atoms with Gasteiger partial charge in [-0.3, -0.25) is 4.79 Å². The molecule has 0 bridgehead atoms. The Bertz CT molecular complexity index is 419. The van der Waals surface area contributed by atoms with Crippen molar-refractivity contribution in [2.75, 3.05) is 13.2 Å². The van der Waals surface area contributed by atoms with Crippen molar-refractivity contribution < 1.29 is 15.0 Å². The second-order valence-electron chi connectivity index (χ2n) is 4.64. The van der Waals surface area contributed by atoms with Crippen LogP contribution >= 0.6 is 11.6 Å². The molecule has 19 heavy (non-hydrogen) atoms. The van der Waals surface area contributed by atoms with Crippen molar-refractivity contribution in [3.8, 4) is 0 Å². The molecule has 0 spiro atoms. The molecule has 0 aliphatic rings. The van der Waals surface area contributed by atoms with Gasteiger partial charge in [-0.25, -0.2) is 0 Å². The van der Waals surface area contributed by atoms with Crippen LogP contribution in [-0.4, -0.2) is 39.4 Å². The van der Waals surface area contributed by atoms with Gasteiger partial charge in [-0.15, -0.1) is 0 Å². The zero-order chi connectivity index (χ0) is 14.5. The number of carbonyl (C=O) groups excluding carboxylic acids is 1. The molecular weight excluding hydrogens is 268 g/mol. The Kier molecular flexibility index (Phi) is 5.85. The third-order valence-electron chi connectivity index (χ3n) is 3.22. The molecule has 0 saturated heterocycles. The highest BCUT2D eigenvalue weighted by Crippen LogP contribution is 2.17. The lowest BCUT2D eigenvalue weighted by molar-refractivity contribution is 0.0645. The molecule has 0 radical (unpaired) electrons. The first-order valence-corrected chi connectivity index (χ1v) is 6.79.